The van der Waals surface area contributed by atoms with Gasteiger partial charge in [-0.05, 0) is 48.8 Å². The van der Waals surface area contributed by atoms with Crippen LogP contribution in [0.3, 0.4) is 0 Å². The average Bonchev–Trinajstić information content (AvgIpc) is 3.27. The fraction of sp³-hybridized carbons (Fsp3) is 0.600. The predicted molar refractivity (Wildman–Crippen MR) is 119 cm³/mol. The lowest BCUT2D eigenvalue weighted by Gasteiger charge is -2.25. The molecule has 6 nitrogen and oxygen atoms in total. The maximum Gasteiger partial charge on any atom is 0.241 e. The van der Waals surface area contributed by atoms with Crippen molar-refractivity contribution in [2.45, 2.75) is 38.3 Å². The van der Waals surface area contributed by atoms with Crippen molar-refractivity contribution in [3.05, 3.63) is 29.8 Å². The van der Waals surface area contributed by atoms with Crippen molar-refractivity contribution in [1.82, 2.24) is 15.5 Å². The zero-order valence-corrected chi connectivity index (χ0v) is 18.7. The fourth-order valence-electron chi connectivity index (χ4n) is 3.97. The van der Waals surface area contributed by atoms with Crippen LogP contribution in [-0.2, 0) is 11.3 Å². The van der Waals surface area contributed by atoms with E-state index >= 15 is 0 Å². The van der Waals surface area contributed by atoms with Gasteiger partial charge in [0, 0.05) is 20.1 Å². The fourth-order valence-corrected chi connectivity index (χ4v) is 3.97. The number of ether oxygens (including phenoxy) is 1. The maximum absolute atomic E-state index is 11.9. The highest BCUT2D eigenvalue weighted by Gasteiger charge is 2.39. The van der Waals surface area contributed by atoms with Gasteiger partial charge in [0.2, 0.25) is 5.91 Å². The van der Waals surface area contributed by atoms with Gasteiger partial charge in [0.1, 0.15) is 5.75 Å². The minimum Gasteiger partial charge on any atom is -0.497 e. The number of carbonyl (C=O) groups excluding carboxylic acids is 1. The Balaban J connectivity index is 0.00000261. The van der Waals surface area contributed by atoms with Crippen LogP contribution in [0.25, 0.3) is 0 Å². The van der Waals surface area contributed by atoms with Gasteiger partial charge >= 0.3 is 0 Å². The Kier molecular flexibility index (Phi) is 8.19. The number of nitrogens with zero attached hydrogens (tertiary/aromatic N) is 2. The van der Waals surface area contributed by atoms with E-state index in [9.17, 15) is 4.79 Å². The molecule has 2 aliphatic rings. The van der Waals surface area contributed by atoms with Gasteiger partial charge < -0.3 is 20.3 Å². The molecule has 0 spiro atoms. The van der Waals surface area contributed by atoms with E-state index in [0.29, 0.717) is 12.6 Å². The molecule has 7 heteroatoms. The Morgan fingerprint density at radius 3 is 2.52 bits per heavy atom. The third-order valence-corrected chi connectivity index (χ3v) is 5.54. The summed E-state index contributed by atoms with van der Waals surface area (Å²) >= 11 is 0. The van der Waals surface area contributed by atoms with Crippen LogP contribution in [-0.4, -0.2) is 50.6 Å². The highest BCUT2D eigenvalue weighted by atomic mass is 127. The standard InChI is InChI=1S/C20H30N4O2.HI/c1-24(2)19(25)13-22-20(23-18-11-15-4-7-16(18)10-15)21-12-14-5-8-17(26-3)9-6-14;/h5-6,8-9,15-16,18H,4,7,10-13H2,1-3H3,(H2,21,22,23);1H. The SMILES string of the molecule is COc1ccc(CN=C(NCC(=O)N(C)C)NC2CC3CCC2C3)cc1.I. The number of halogens is 1. The Morgan fingerprint density at radius 2 is 1.96 bits per heavy atom. The number of guanidine groups is 1. The average molecular weight is 486 g/mol. The van der Waals surface area contributed by atoms with Crippen molar-refractivity contribution in [1.29, 1.82) is 0 Å². The highest BCUT2D eigenvalue weighted by molar-refractivity contribution is 14.0. The van der Waals surface area contributed by atoms with Crippen LogP contribution in [0.2, 0.25) is 0 Å². The number of carbonyl (C=O) groups is 1. The quantitative estimate of drug-likeness (QED) is 0.369. The molecule has 2 bridgehead atoms. The summed E-state index contributed by atoms with van der Waals surface area (Å²) in [5.74, 6) is 3.22. The molecule has 0 aliphatic heterocycles. The van der Waals surface area contributed by atoms with E-state index < -0.39 is 0 Å². The molecule has 2 saturated carbocycles. The van der Waals surface area contributed by atoms with Crippen LogP contribution in [0.15, 0.2) is 29.3 Å². The first kappa shape index (κ1) is 21.8. The van der Waals surface area contributed by atoms with Crippen LogP contribution in [0.1, 0.15) is 31.2 Å². The molecular formula is C20H31IN4O2. The van der Waals surface area contributed by atoms with Crippen molar-refractivity contribution < 1.29 is 9.53 Å². The van der Waals surface area contributed by atoms with E-state index in [1.54, 1.807) is 26.1 Å². The molecule has 0 saturated heterocycles. The lowest BCUT2D eigenvalue weighted by molar-refractivity contribution is -0.127. The van der Waals surface area contributed by atoms with E-state index in [1.807, 2.05) is 24.3 Å². The summed E-state index contributed by atoms with van der Waals surface area (Å²) in [6, 6.07) is 8.39. The number of methoxy groups -OCH3 is 1. The summed E-state index contributed by atoms with van der Waals surface area (Å²) in [4.78, 5) is 18.2. The second kappa shape index (κ2) is 10.1. The summed E-state index contributed by atoms with van der Waals surface area (Å²) in [5, 5.41) is 6.78. The smallest absolute Gasteiger partial charge is 0.241 e. The Hall–Kier alpha value is -1.51. The molecule has 1 aromatic rings. The molecule has 2 fully saturated rings. The normalized spacial score (nSPS) is 23.5. The number of aliphatic imine (C=N–C) groups is 1. The molecule has 3 unspecified atom stereocenters. The number of hydrogen-bond donors (Lipinski definition) is 2. The van der Waals surface area contributed by atoms with Crippen LogP contribution in [0.4, 0.5) is 0 Å². The van der Waals surface area contributed by atoms with Crippen LogP contribution >= 0.6 is 24.0 Å². The molecule has 2 N–H and O–H groups in total. The van der Waals surface area contributed by atoms with Crippen LogP contribution in [0, 0.1) is 11.8 Å². The summed E-state index contributed by atoms with van der Waals surface area (Å²) < 4.78 is 5.20. The van der Waals surface area contributed by atoms with Gasteiger partial charge in [-0.25, -0.2) is 4.99 Å². The number of fused-ring (bicyclic) bond motifs is 2. The molecule has 3 rings (SSSR count). The van der Waals surface area contributed by atoms with E-state index in [0.717, 1.165) is 29.1 Å². The number of nitrogens with one attached hydrogen (secondary N) is 2. The summed E-state index contributed by atoms with van der Waals surface area (Å²) in [6.45, 7) is 0.818. The topological polar surface area (TPSA) is 66.0 Å². The van der Waals surface area contributed by atoms with Crippen molar-refractivity contribution in [2.75, 3.05) is 27.7 Å². The van der Waals surface area contributed by atoms with Gasteiger partial charge in [0.05, 0.1) is 20.2 Å². The zero-order valence-electron chi connectivity index (χ0n) is 16.4. The summed E-state index contributed by atoms with van der Waals surface area (Å²) in [6.07, 6.45) is 5.23. The minimum absolute atomic E-state index is 0. The van der Waals surface area contributed by atoms with Gasteiger partial charge in [0.15, 0.2) is 5.96 Å². The first-order chi connectivity index (χ1) is 12.5. The molecule has 2 aliphatic carbocycles. The zero-order chi connectivity index (χ0) is 18.5. The first-order valence-electron chi connectivity index (χ1n) is 9.43. The lowest BCUT2D eigenvalue weighted by Crippen LogP contribution is -2.48. The van der Waals surface area contributed by atoms with Crippen molar-refractivity contribution >= 4 is 35.8 Å². The second-order valence-corrected chi connectivity index (χ2v) is 7.58. The largest absolute Gasteiger partial charge is 0.497 e. The molecule has 3 atom stereocenters. The number of amides is 1. The Bertz CT molecular complexity index is 648. The van der Waals surface area contributed by atoms with Crippen molar-refractivity contribution in [3.63, 3.8) is 0 Å². The minimum atomic E-state index is 0. The van der Waals surface area contributed by atoms with E-state index in [-0.39, 0.29) is 36.4 Å². The van der Waals surface area contributed by atoms with Gasteiger partial charge in [-0.3, -0.25) is 4.79 Å². The van der Waals surface area contributed by atoms with Crippen LogP contribution in [0.5, 0.6) is 5.75 Å². The summed E-state index contributed by atoms with van der Waals surface area (Å²) in [5.41, 5.74) is 1.11. The van der Waals surface area contributed by atoms with E-state index in [1.165, 1.54) is 25.7 Å². The highest BCUT2D eigenvalue weighted by Crippen LogP contribution is 2.44. The van der Waals surface area contributed by atoms with Gasteiger partial charge in [0.25, 0.3) is 0 Å². The molecule has 0 aromatic heterocycles. The summed E-state index contributed by atoms with van der Waals surface area (Å²) in [7, 11) is 5.19. The van der Waals surface area contributed by atoms with E-state index in [4.69, 9.17) is 9.73 Å². The monoisotopic (exact) mass is 486 g/mol. The Morgan fingerprint density at radius 1 is 1.22 bits per heavy atom. The molecule has 1 amide bonds. The molecule has 1 aromatic carbocycles. The lowest BCUT2D eigenvalue weighted by atomic mass is 9.95. The molecule has 150 valence electrons. The molecule has 0 heterocycles. The molecule has 0 radical (unpaired) electrons. The van der Waals surface area contributed by atoms with Crippen molar-refractivity contribution in [2.24, 2.45) is 16.8 Å². The van der Waals surface area contributed by atoms with Crippen LogP contribution < -0.4 is 15.4 Å². The van der Waals surface area contributed by atoms with Gasteiger partial charge in [-0.2, -0.15) is 0 Å². The third-order valence-electron chi connectivity index (χ3n) is 5.54. The molecule has 27 heavy (non-hydrogen) atoms. The second-order valence-electron chi connectivity index (χ2n) is 7.58. The maximum atomic E-state index is 11.9. The number of rotatable bonds is 6. The third kappa shape index (κ3) is 5.99. The predicted octanol–water partition coefficient (Wildman–Crippen LogP) is 2.63. The Labute approximate surface area is 179 Å². The number of benzene rings is 1. The van der Waals surface area contributed by atoms with Gasteiger partial charge in [-0.1, -0.05) is 18.6 Å². The number of hydrogen-bond acceptors (Lipinski definition) is 3. The van der Waals surface area contributed by atoms with Crippen molar-refractivity contribution in [3.8, 4) is 5.75 Å². The first-order valence-corrected chi connectivity index (χ1v) is 9.43. The van der Waals surface area contributed by atoms with Gasteiger partial charge in [-0.15, -0.1) is 24.0 Å². The number of likely N-dealkylation sites (N-methyl/N-ethyl adjacent to an activating group) is 1. The van der Waals surface area contributed by atoms with E-state index in [2.05, 4.69) is 10.6 Å². The molecular weight excluding hydrogens is 455 g/mol.